The van der Waals surface area contributed by atoms with Crippen molar-refractivity contribution in [2.24, 2.45) is 10.7 Å². The molecule has 2 saturated heterocycles. The summed E-state index contributed by atoms with van der Waals surface area (Å²) in [4.78, 5) is 8.83. The molecule has 5 N–H and O–H groups in total. The molecule has 3 aliphatic rings. The van der Waals surface area contributed by atoms with Crippen molar-refractivity contribution in [3.05, 3.63) is 70.9 Å². The van der Waals surface area contributed by atoms with Crippen LogP contribution in [0.15, 0.2) is 41.7 Å². The first kappa shape index (κ1) is 31.8. The van der Waals surface area contributed by atoms with Crippen molar-refractivity contribution < 1.29 is 46.7 Å². The Balaban J connectivity index is 1.46. The molecule has 8 nitrogen and oxygen atoms in total. The minimum atomic E-state index is -2.91. The predicted molar refractivity (Wildman–Crippen MR) is 149 cm³/mol. The number of nitrogens with zero attached hydrogens (tertiary/aromatic N) is 2. The molecule has 2 aliphatic heterocycles. The van der Waals surface area contributed by atoms with Gasteiger partial charge in [0.05, 0.1) is 23.2 Å². The van der Waals surface area contributed by atoms with Gasteiger partial charge in [0.1, 0.15) is 35.9 Å². The third-order valence-electron chi connectivity index (χ3n) is 8.21. The number of benzene rings is 1. The first-order chi connectivity index (χ1) is 20.3. The van der Waals surface area contributed by atoms with E-state index in [1.165, 1.54) is 6.20 Å². The van der Waals surface area contributed by atoms with Crippen LogP contribution in [0.2, 0.25) is 0 Å². The smallest absolute Gasteiger partial charge is 0.248 e. The van der Waals surface area contributed by atoms with Gasteiger partial charge in [-0.15, -0.1) is 11.8 Å². The number of halogens is 5. The van der Waals surface area contributed by atoms with Gasteiger partial charge in [0.25, 0.3) is 0 Å². The third kappa shape index (κ3) is 6.45. The van der Waals surface area contributed by atoms with Crippen molar-refractivity contribution >= 4 is 23.5 Å². The topological polar surface area (TPSA) is 130 Å². The highest BCUT2D eigenvalue weighted by Gasteiger charge is 2.55. The quantitative estimate of drug-likeness (QED) is 0.207. The Morgan fingerprint density at radius 2 is 1.81 bits per heavy atom. The number of allylic oxidation sites excluding steroid dienone is 1. The SMILES string of the molecule is Cc1cccnc1[C@@H](S[C@@H]1OC2C(O)CO[C@@H]2C(N=C/C(=C\N)c2cc(F)c(F)c(F)c2)C1O)C1(O)CCC(F)(F)CC1. The number of ether oxygens (including phenoxy) is 2. The van der Waals surface area contributed by atoms with Crippen molar-refractivity contribution in [3.63, 3.8) is 0 Å². The second-order valence-electron chi connectivity index (χ2n) is 11.2. The number of hydrogen-bond donors (Lipinski definition) is 4. The van der Waals surface area contributed by atoms with Gasteiger partial charge in [0.15, 0.2) is 17.5 Å². The number of aryl methyl sites for hydroxylation is 1. The van der Waals surface area contributed by atoms with Crippen molar-refractivity contribution in [2.45, 2.75) is 85.3 Å². The zero-order valence-electron chi connectivity index (χ0n) is 23.0. The van der Waals surface area contributed by atoms with Crippen LogP contribution in [0, 0.1) is 24.4 Å². The molecule has 2 aromatic rings. The van der Waals surface area contributed by atoms with Gasteiger partial charge in [-0.05, 0) is 49.1 Å². The largest absolute Gasteiger partial charge is 0.404 e. The number of aliphatic hydroxyl groups excluding tert-OH is 2. The molecule has 43 heavy (non-hydrogen) atoms. The summed E-state index contributed by atoms with van der Waals surface area (Å²) in [5.74, 6) is -7.41. The monoisotopic (exact) mass is 629 g/mol. The van der Waals surface area contributed by atoms with Gasteiger partial charge in [0, 0.05) is 37.0 Å². The molecule has 4 unspecified atom stereocenters. The second kappa shape index (κ2) is 12.4. The molecule has 0 spiro atoms. The predicted octanol–water partition coefficient (Wildman–Crippen LogP) is 3.81. The van der Waals surface area contributed by atoms with Crippen LogP contribution in [0.1, 0.15) is 47.8 Å². The lowest BCUT2D eigenvalue weighted by atomic mass is 9.79. The number of aromatic nitrogens is 1. The molecule has 1 saturated carbocycles. The summed E-state index contributed by atoms with van der Waals surface area (Å²) >= 11 is 0.993. The Hall–Kier alpha value is -2.62. The van der Waals surface area contributed by atoms with Gasteiger partial charge in [-0.2, -0.15) is 0 Å². The number of aliphatic imine (C=N–C) groups is 1. The van der Waals surface area contributed by atoms with Crippen molar-refractivity contribution in [1.29, 1.82) is 0 Å². The third-order valence-corrected chi connectivity index (χ3v) is 9.80. The van der Waals surface area contributed by atoms with Crippen LogP contribution in [0.3, 0.4) is 0 Å². The van der Waals surface area contributed by atoms with Crippen LogP contribution in [-0.4, -0.2) is 80.5 Å². The van der Waals surface area contributed by atoms with E-state index in [2.05, 4.69) is 9.98 Å². The minimum absolute atomic E-state index is 0.00946. The van der Waals surface area contributed by atoms with E-state index in [9.17, 15) is 37.3 Å². The molecule has 5 rings (SSSR count). The summed E-state index contributed by atoms with van der Waals surface area (Å²) in [7, 11) is 0. The van der Waals surface area contributed by atoms with Gasteiger partial charge in [-0.25, -0.2) is 22.0 Å². The number of thioether (sulfide) groups is 1. The lowest BCUT2D eigenvalue weighted by molar-refractivity contribution is -0.142. The number of pyridine rings is 1. The number of aliphatic hydroxyl groups is 3. The average molecular weight is 630 g/mol. The van der Waals surface area contributed by atoms with E-state index in [0.29, 0.717) is 11.3 Å². The highest BCUT2D eigenvalue weighted by atomic mass is 32.2. The van der Waals surface area contributed by atoms with E-state index in [0.717, 1.165) is 36.3 Å². The fraction of sp³-hybridized carbons (Fsp3) is 0.517. The van der Waals surface area contributed by atoms with E-state index >= 15 is 0 Å². The molecule has 3 fully saturated rings. The highest BCUT2D eigenvalue weighted by molar-refractivity contribution is 8.00. The van der Waals surface area contributed by atoms with Gasteiger partial charge >= 0.3 is 0 Å². The summed E-state index contributed by atoms with van der Waals surface area (Å²) < 4.78 is 81.2. The number of alkyl halides is 2. The molecule has 234 valence electrons. The van der Waals surface area contributed by atoms with E-state index in [4.69, 9.17) is 15.2 Å². The number of nitrogens with two attached hydrogens (primary N) is 1. The molecule has 1 aromatic heterocycles. The van der Waals surface area contributed by atoms with Crippen LogP contribution in [0.25, 0.3) is 5.57 Å². The van der Waals surface area contributed by atoms with E-state index < -0.39 is 83.0 Å². The molecule has 14 heteroatoms. The molecule has 1 aliphatic carbocycles. The van der Waals surface area contributed by atoms with E-state index in [1.54, 1.807) is 19.1 Å². The van der Waals surface area contributed by atoms with Gasteiger partial charge in [-0.3, -0.25) is 9.98 Å². The number of hydrogen-bond acceptors (Lipinski definition) is 9. The summed E-state index contributed by atoms with van der Waals surface area (Å²) in [6.45, 7) is 1.65. The summed E-state index contributed by atoms with van der Waals surface area (Å²) in [5.41, 5.74) is 3.96. The maximum absolute atomic E-state index is 14.1. The zero-order chi connectivity index (χ0) is 31.1. The summed E-state index contributed by atoms with van der Waals surface area (Å²) in [6.07, 6.45) is -2.20. The van der Waals surface area contributed by atoms with Crippen LogP contribution < -0.4 is 5.73 Å². The maximum Gasteiger partial charge on any atom is 0.248 e. The maximum atomic E-state index is 14.1. The first-order valence-corrected chi connectivity index (χ1v) is 14.7. The molecule has 7 atom stereocenters. The van der Waals surface area contributed by atoms with Crippen molar-refractivity contribution in [3.8, 4) is 0 Å². The lowest BCUT2D eigenvalue weighted by Gasteiger charge is -2.45. The van der Waals surface area contributed by atoms with Crippen molar-refractivity contribution in [2.75, 3.05) is 6.61 Å². The Morgan fingerprint density at radius 1 is 1.14 bits per heavy atom. The lowest BCUT2D eigenvalue weighted by Crippen LogP contribution is -2.57. The van der Waals surface area contributed by atoms with Crippen LogP contribution in [-0.2, 0) is 9.47 Å². The standard InChI is InChI=1S/C29H32F5N3O5S/c1-14-3-2-8-36-21(14)26(28(40)4-6-29(33,34)7-5-28)43-27-23(39)22(25-24(42-27)19(38)13-41-25)37-12-16(11-35)15-9-17(30)20(32)18(31)10-15/h2-3,8-12,19,22-27,38-40H,4-7,13,35H2,1H3/b16-11+,37-12?/t19?,22?,23?,24?,25-,26-,27+/m1/s1. The van der Waals surface area contributed by atoms with Crippen LogP contribution >= 0.6 is 11.8 Å². The molecule has 0 radical (unpaired) electrons. The Labute approximate surface area is 248 Å². The summed E-state index contributed by atoms with van der Waals surface area (Å²) in [5, 5.41) is 32.9. The van der Waals surface area contributed by atoms with Crippen LogP contribution in [0.4, 0.5) is 22.0 Å². The summed E-state index contributed by atoms with van der Waals surface area (Å²) in [6, 6.07) is 3.88. The molecule has 0 amide bonds. The molecule has 0 bridgehead atoms. The first-order valence-electron chi connectivity index (χ1n) is 13.7. The van der Waals surface area contributed by atoms with Gasteiger partial charge in [0.2, 0.25) is 5.92 Å². The zero-order valence-corrected chi connectivity index (χ0v) is 23.9. The highest BCUT2D eigenvalue weighted by Crippen LogP contribution is 2.52. The number of fused-ring (bicyclic) bond motifs is 1. The molecular weight excluding hydrogens is 597 g/mol. The second-order valence-corrected chi connectivity index (χ2v) is 12.4. The Kier molecular flexibility index (Phi) is 9.17. The van der Waals surface area contributed by atoms with Crippen LogP contribution in [0.5, 0.6) is 0 Å². The van der Waals surface area contributed by atoms with E-state index in [1.807, 2.05) is 0 Å². The normalized spacial score (nSPS) is 31.2. The van der Waals surface area contributed by atoms with Gasteiger partial charge < -0.3 is 30.5 Å². The van der Waals surface area contributed by atoms with Crippen molar-refractivity contribution in [1.82, 2.24) is 4.98 Å². The fourth-order valence-corrected chi connectivity index (χ4v) is 7.37. The number of rotatable bonds is 7. The Morgan fingerprint density at radius 3 is 2.44 bits per heavy atom. The van der Waals surface area contributed by atoms with E-state index in [-0.39, 0.29) is 30.6 Å². The molecule has 3 heterocycles. The molecule has 1 aromatic carbocycles. The van der Waals surface area contributed by atoms with Gasteiger partial charge in [-0.1, -0.05) is 6.07 Å². The minimum Gasteiger partial charge on any atom is -0.404 e. The Bertz CT molecular complexity index is 1370. The fourth-order valence-electron chi connectivity index (χ4n) is 5.72. The average Bonchev–Trinajstić information content (AvgIpc) is 3.33. The molecular formula is C29H32F5N3O5S.